The lowest BCUT2D eigenvalue weighted by molar-refractivity contribution is 0.546. The third-order valence-corrected chi connectivity index (χ3v) is 2.70. The fraction of sp³-hybridized carbons (Fsp3) is 0.333. The Morgan fingerprint density at radius 1 is 1.31 bits per heavy atom. The Bertz CT molecular complexity index is 435. The van der Waals surface area contributed by atoms with Crippen molar-refractivity contribution in [2.45, 2.75) is 19.5 Å². The van der Waals surface area contributed by atoms with Crippen LogP contribution in [-0.4, -0.2) is 15.0 Å². The van der Waals surface area contributed by atoms with Gasteiger partial charge in [-0.1, -0.05) is 35.5 Å². The van der Waals surface area contributed by atoms with E-state index in [0.717, 1.165) is 12.2 Å². The van der Waals surface area contributed by atoms with E-state index in [1.54, 1.807) is 10.9 Å². The van der Waals surface area contributed by atoms with Crippen molar-refractivity contribution in [3.05, 3.63) is 47.8 Å². The summed E-state index contributed by atoms with van der Waals surface area (Å²) in [5.41, 5.74) is 2.38. The molecule has 2 aromatic rings. The predicted molar refractivity (Wildman–Crippen MR) is 62.7 cm³/mol. The van der Waals surface area contributed by atoms with Gasteiger partial charge in [-0.2, -0.15) is 0 Å². The highest BCUT2D eigenvalue weighted by Crippen LogP contribution is 2.11. The Morgan fingerprint density at radius 2 is 2.06 bits per heavy atom. The molecule has 0 amide bonds. The second-order valence-corrected chi connectivity index (χ2v) is 3.86. The molecule has 0 saturated heterocycles. The lowest BCUT2D eigenvalue weighted by atomic mass is 10.1. The van der Waals surface area contributed by atoms with Gasteiger partial charge in [0.15, 0.2) is 0 Å². The van der Waals surface area contributed by atoms with Crippen molar-refractivity contribution in [1.82, 2.24) is 20.3 Å². The largest absolute Gasteiger partial charge is 0.305 e. The summed E-state index contributed by atoms with van der Waals surface area (Å²) in [5, 5.41) is 11.2. The van der Waals surface area contributed by atoms with Gasteiger partial charge >= 0.3 is 0 Å². The van der Waals surface area contributed by atoms with Crippen LogP contribution in [0, 0.1) is 0 Å². The van der Waals surface area contributed by atoms with Crippen LogP contribution in [0.15, 0.2) is 36.5 Å². The number of hydrogen-bond acceptors (Lipinski definition) is 3. The molecule has 1 aromatic carbocycles. The van der Waals surface area contributed by atoms with Crippen LogP contribution in [0.4, 0.5) is 0 Å². The monoisotopic (exact) mass is 216 g/mol. The van der Waals surface area contributed by atoms with E-state index in [4.69, 9.17) is 0 Å². The third-order valence-electron chi connectivity index (χ3n) is 2.70. The minimum absolute atomic E-state index is 0.330. The van der Waals surface area contributed by atoms with Gasteiger partial charge in [0.25, 0.3) is 0 Å². The molecule has 4 heteroatoms. The minimum atomic E-state index is 0.330. The summed E-state index contributed by atoms with van der Waals surface area (Å²) in [6, 6.07) is 10.7. The van der Waals surface area contributed by atoms with Gasteiger partial charge in [-0.25, -0.2) is 0 Å². The van der Waals surface area contributed by atoms with Crippen LogP contribution < -0.4 is 5.32 Å². The molecule has 0 spiro atoms. The van der Waals surface area contributed by atoms with E-state index in [1.807, 2.05) is 13.1 Å². The summed E-state index contributed by atoms with van der Waals surface area (Å²) in [4.78, 5) is 0. The summed E-state index contributed by atoms with van der Waals surface area (Å²) in [7, 11) is 1.90. The smallest absolute Gasteiger partial charge is 0.0738 e. The molecule has 2 rings (SSSR count). The first-order chi connectivity index (χ1) is 7.77. The average molecular weight is 216 g/mol. The van der Waals surface area contributed by atoms with Crippen molar-refractivity contribution in [2.75, 3.05) is 0 Å². The van der Waals surface area contributed by atoms with E-state index in [0.29, 0.717) is 6.04 Å². The fourth-order valence-electron chi connectivity index (χ4n) is 1.59. The fourth-order valence-corrected chi connectivity index (χ4v) is 1.59. The molecule has 0 aliphatic rings. The average Bonchev–Trinajstić information content (AvgIpc) is 2.73. The van der Waals surface area contributed by atoms with E-state index in [1.165, 1.54) is 5.56 Å². The zero-order valence-corrected chi connectivity index (χ0v) is 9.59. The molecule has 1 aromatic heterocycles. The second kappa shape index (κ2) is 4.90. The van der Waals surface area contributed by atoms with Crippen molar-refractivity contribution in [1.29, 1.82) is 0 Å². The molecule has 16 heavy (non-hydrogen) atoms. The molecule has 0 aliphatic heterocycles. The number of aromatic nitrogens is 3. The van der Waals surface area contributed by atoms with E-state index < -0.39 is 0 Å². The Labute approximate surface area is 95.3 Å². The van der Waals surface area contributed by atoms with Crippen molar-refractivity contribution in [2.24, 2.45) is 7.05 Å². The van der Waals surface area contributed by atoms with Gasteiger partial charge < -0.3 is 5.32 Å². The molecule has 84 valence electrons. The van der Waals surface area contributed by atoms with E-state index >= 15 is 0 Å². The molecule has 1 atom stereocenters. The van der Waals surface area contributed by atoms with Gasteiger partial charge in [0.1, 0.15) is 0 Å². The minimum Gasteiger partial charge on any atom is -0.305 e. The normalized spacial score (nSPS) is 12.6. The SMILES string of the molecule is C[C@H](NCc1cnnn1C)c1ccccc1. The molecule has 0 bridgehead atoms. The summed E-state index contributed by atoms with van der Waals surface area (Å²) in [6.45, 7) is 2.93. The third kappa shape index (κ3) is 2.46. The Morgan fingerprint density at radius 3 is 2.69 bits per heavy atom. The van der Waals surface area contributed by atoms with Crippen LogP contribution in [0.2, 0.25) is 0 Å². The van der Waals surface area contributed by atoms with Crippen LogP contribution in [0.25, 0.3) is 0 Å². The molecule has 0 fully saturated rings. The number of benzene rings is 1. The van der Waals surface area contributed by atoms with Gasteiger partial charge in [0, 0.05) is 19.6 Å². The van der Waals surface area contributed by atoms with E-state index in [2.05, 4.69) is 46.8 Å². The molecule has 0 saturated carbocycles. The predicted octanol–water partition coefficient (Wildman–Crippen LogP) is 1.67. The number of aryl methyl sites for hydroxylation is 1. The first kappa shape index (κ1) is 10.8. The molecule has 1 N–H and O–H groups in total. The maximum absolute atomic E-state index is 3.89. The molecular weight excluding hydrogens is 200 g/mol. The topological polar surface area (TPSA) is 42.7 Å². The van der Waals surface area contributed by atoms with E-state index in [9.17, 15) is 0 Å². The lowest BCUT2D eigenvalue weighted by Crippen LogP contribution is -2.19. The highest BCUT2D eigenvalue weighted by atomic mass is 15.4. The van der Waals surface area contributed by atoms with Crippen LogP contribution in [0.3, 0.4) is 0 Å². The lowest BCUT2D eigenvalue weighted by Gasteiger charge is -2.13. The van der Waals surface area contributed by atoms with Crippen molar-refractivity contribution in [3.8, 4) is 0 Å². The first-order valence-electron chi connectivity index (χ1n) is 5.39. The van der Waals surface area contributed by atoms with Crippen molar-refractivity contribution < 1.29 is 0 Å². The number of nitrogens with zero attached hydrogens (tertiary/aromatic N) is 3. The van der Waals surface area contributed by atoms with Crippen molar-refractivity contribution in [3.63, 3.8) is 0 Å². The van der Waals surface area contributed by atoms with E-state index in [-0.39, 0.29) is 0 Å². The Hall–Kier alpha value is -1.68. The molecule has 0 aliphatic carbocycles. The summed E-state index contributed by atoms with van der Waals surface area (Å²) in [6.07, 6.45) is 1.78. The van der Waals surface area contributed by atoms with Crippen LogP contribution in [0.1, 0.15) is 24.2 Å². The zero-order chi connectivity index (χ0) is 11.4. The summed E-state index contributed by atoms with van der Waals surface area (Å²) in [5.74, 6) is 0. The molecule has 4 nitrogen and oxygen atoms in total. The molecule has 0 radical (unpaired) electrons. The second-order valence-electron chi connectivity index (χ2n) is 3.86. The molecule has 0 unspecified atom stereocenters. The maximum Gasteiger partial charge on any atom is 0.0738 e. The number of rotatable bonds is 4. The number of hydrogen-bond donors (Lipinski definition) is 1. The molecular formula is C12H16N4. The van der Waals surface area contributed by atoms with Gasteiger partial charge in [-0.15, -0.1) is 5.10 Å². The maximum atomic E-state index is 3.89. The van der Waals surface area contributed by atoms with Crippen molar-refractivity contribution >= 4 is 0 Å². The summed E-state index contributed by atoms with van der Waals surface area (Å²) < 4.78 is 1.78. The summed E-state index contributed by atoms with van der Waals surface area (Å²) >= 11 is 0. The van der Waals surface area contributed by atoms with Gasteiger partial charge in [-0.3, -0.25) is 4.68 Å². The zero-order valence-electron chi connectivity index (χ0n) is 9.59. The first-order valence-corrected chi connectivity index (χ1v) is 5.39. The van der Waals surface area contributed by atoms with Gasteiger partial charge in [0.2, 0.25) is 0 Å². The van der Waals surface area contributed by atoms with Crippen LogP contribution in [0.5, 0.6) is 0 Å². The molecule has 1 heterocycles. The van der Waals surface area contributed by atoms with Crippen LogP contribution in [-0.2, 0) is 13.6 Å². The highest BCUT2D eigenvalue weighted by molar-refractivity contribution is 5.18. The van der Waals surface area contributed by atoms with Gasteiger partial charge in [-0.05, 0) is 12.5 Å². The Kier molecular flexibility index (Phi) is 3.31. The Balaban J connectivity index is 1.94. The highest BCUT2D eigenvalue weighted by Gasteiger charge is 2.05. The number of nitrogens with one attached hydrogen (secondary N) is 1. The standard InChI is InChI=1S/C12H16N4/c1-10(11-6-4-3-5-7-11)13-8-12-9-14-15-16(12)2/h3-7,9-10,13H,8H2,1-2H3/t10-/m0/s1. The van der Waals surface area contributed by atoms with Crippen LogP contribution >= 0.6 is 0 Å². The quantitative estimate of drug-likeness (QED) is 0.845. The van der Waals surface area contributed by atoms with Gasteiger partial charge in [0.05, 0.1) is 11.9 Å².